The van der Waals surface area contributed by atoms with Crippen molar-refractivity contribution < 1.29 is 9.53 Å². The van der Waals surface area contributed by atoms with Crippen molar-refractivity contribution in [3.05, 3.63) is 35.4 Å². The van der Waals surface area contributed by atoms with E-state index >= 15 is 0 Å². The van der Waals surface area contributed by atoms with Gasteiger partial charge in [-0.1, -0.05) is 38.1 Å². The van der Waals surface area contributed by atoms with Crippen LogP contribution in [0.2, 0.25) is 0 Å². The van der Waals surface area contributed by atoms with E-state index in [9.17, 15) is 4.79 Å². The standard InChI is InChI=1S/C13H18O2/c1-4-10(2)13-8-6-5-7-12(13)9-15-11(3)14/h5-8,10H,4,9H2,1-3H3. The summed E-state index contributed by atoms with van der Waals surface area (Å²) in [6.45, 7) is 6.17. The molecule has 1 aromatic carbocycles. The van der Waals surface area contributed by atoms with E-state index in [2.05, 4.69) is 19.9 Å². The average molecular weight is 206 g/mol. The first kappa shape index (κ1) is 11.8. The van der Waals surface area contributed by atoms with Crippen molar-refractivity contribution in [1.29, 1.82) is 0 Å². The summed E-state index contributed by atoms with van der Waals surface area (Å²) in [6, 6.07) is 8.13. The zero-order valence-electron chi connectivity index (χ0n) is 9.62. The Hall–Kier alpha value is -1.31. The molecule has 0 saturated heterocycles. The Bertz CT molecular complexity index is 331. The highest BCUT2D eigenvalue weighted by Gasteiger charge is 2.08. The number of hydrogen-bond donors (Lipinski definition) is 0. The number of esters is 1. The summed E-state index contributed by atoms with van der Waals surface area (Å²) < 4.78 is 5.02. The highest BCUT2D eigenvalue weighted by Crippen LogP contribution is 2.23. The maximum absolute atomic E-state index is 10.7. The van der Waals surface area contributed by atoms with Crippen LogP contribution in [0.5, 0.6) is 0 Å². The average Bonchev–Trinajstić information content (AvgIpc) is 2.25. The van der Waals surface area contributed by atoms with Crippen LogP contribution >= 0.6 is 0 Å². The molecule has 1 atom stereocenters. The van der Waals surface area contributed by atoms with Crippen LogP contribution in [0.25, 0.3) is 0 Å². The fraction of sp³-hybridized carbons (Fsp3) is 0.462. The lowest BCUT2D eigenvalue weighted by molar-refractivity contribution is -0.142. The smallest absolute Gasteiger partial charge is 0.302 e. The fourth-order valence-corrected chi connectivity index (χ4v) is 1.55. The molecule has 0 aromatic heterocycles. The minimum Gasteiger partial charge on any atom is -0.461 e. The SMILES string of the molecule is CCC(C)c1ccccc1COC(C)=O. The van der Waals surface area contributed by atoms with Gasteiger partial charge in [-0.15, -0.1) is 0 Å². The molecule has 0 heterocycles. The van der Waals surface area contributed by atoms with E-state index in [4.69, 9.17) is 4.74 Å². The number of carbonyl (C=O) groups is 1. The fourth-order valence-electron chi connectivity index (χ4n) is 1.55. The van der Waals surface area contributed by atoms with Crippen LogP contribution in [0.3, 0.4) is 0 Å². The van der Waals surface area contributed by atoms with Crippen molar-refractivity contribution in [2.24, 2.45) is 0 Å². The lowest BCUT2D eigenvalue weighted by atomic mass is 9.94. The van der Waals surface area contributed by atoms with Crippen LogP contribution in [-0.2, 0) is 16.1 Å². The summed E-state index contributed by atoms with van der Waals surface area (Å²) in [5, 5.41) is 0. The maximum atomic E-state index is 10.7. The zero-order valence-corrected chi connectivity index (χ0v) is 9.62. The molecule has 0 N–H and O–H groups in total. The molecule has 0 aliphatic carbocycles. The molecule has 1 unspecified atom stereocenters. The van der Waals surface area contributed by atoms with Crippen LogP contribution in [0.1, 0.15) is 44.2 Å². The van der Waals surface area contributed by atoms with Gasteiger partial charge in [-0.25, -0.2) is 0 Å². The van der Waals surface area contributed by atoms with Crippen LogP contribution in [0.4, 0.5) is 0 Å². The molecule has 1 rings (SSSR count). The van der Waals surface area contributed by atoms with Crippen molar-refractivity contribution in [3.8, 4) is 0 Å². The molecule has 2 heteroatoms. The molecule has 0 radical (unpaired) electrons. The zero-order chi connectivity index (χ0) is 11.3. The lowest BCUT2D eigenvalue weighted by Crippen LogP contribution is -2.03. The van der Waals surface area contributed by atoms with Gasteiger partial charge in [-0.3, -0.25) is 4.79 Å². The molecule has 15 heavy (non-hydrogen) atoms. The Balaban J connectivity index is 2.81. The van der Waals surface area contributed by atoms with Gasteiger partial charge in [-0.05, 0) is 23.5 Å². The van der Waals surface area contributed by atoms with Crippen molar-refractivity contribution in [2.45, 2.75) is 39.7 Å². The highest BCUT2D eigenvalue weighted by atomic mass is 16.5. The van der Waals surface area contributed by atoms with E-state index < -0.39 is 0 Å². The molecule has 2 nitrogen and oxygen atoms in total. The van der Waals surface area contributed by atoms with E-state index in [1.165, 1.54) is 12.5 Å². The Morgan fingerprint density at radius 2 is 2.07 bits per heavy atom. The molecule has 0 aliphatic rings. The van der Waals surface area contributed by atoms with Gasteiger partial charge >= 0.3 is 5.97 Å². The topological polar surface area (TPSA) is 26.3 Å². The Morgan fingerprint density at radius 1 is 1.40 bits per heavy atom. The monoisotopic (exact) mass is 206 g/mol. The third-order valence-corrected chi connectivity index (χ3v) is 2.63. The van der Waals surface area contributed by atoms with E-state index in [-0.39, 0.29) is 5.97 Å². The summed E-state index contributed by atoms with van der Waals surface area (Å²) >= 11 is 0. The van der Waals surface area contributed by atoms with Crippen molar-refractivity contribution >= 4 is 5.97 Å². The first-order chi connectivity index (χ1) is 7.15. The third-order valence-electron chi connectivity index (χ3n) is 2.63. The van der Waals surface area contributed by atoms with E-state index in [0.29, 0.717) is 12.5 Å². The van der Waals surface area contributed by atoms with E-state index in [0.717, 1.165) is 12.0 Å². The minimum atomic E-state index is -0.228. The Labute approximate surface area is 91.3 Å². The summed E-state index contributed by atoms with van der Waals surface area (Å²) in [5.74, 6) is 0.283. The largest absolute Gasteiger partial charge is 0.461 e. The number of ether oxygens (including phenoxy) is 1. The number of benzene rings is 1. The van der Waals surface area contributed by atoms with Gasteiger partial charge < -0.3 is 4.74 Å². The number of rotatable bonds is 4. The predicted molar refractivity (Wildman–Crippen MR) is 60.6 cm³/mol. The summed E-state index contributed by atoms with van der Waals surface area (Å²) in [6.07, 6.45) is 1.09. The Kier molecular flexibility index (Phi) is 4.35. The number of carbonyl (C=O) groups excluding carboxylic acids is 1. The second-order valence-corrected chi connectivity index (χ2v) is 3.79. The maximum Gasteiger partial charge on any atom is 0.302 e. The van der Waals surface area contributed by atoms with Crippen LogP contribution in [0.15, 0.2) is 24.3 Å². The van der Waals surface area contributed by atoms with Gasteiger partial charge in [0.2, 0.25) is 0 Å². The summed E-state index contributed by atoms with van der Waals surface area (Å²) in [4.78, 5) is 10.7. The Morgan fingerprint density at radius 3 is 2.67 bits per heavy atom. The van der Waals surface area contributed by atoms with Crippen molar-refractivity contribution in [3.63, 3.8) is 0 Å². The van der Waals surface area contributed by atoms with Gasteiger partial charge in [0, 0.05) is 6.92 Å². The normalized spacial score (nSPS) is 12.2. The first-order valence-electron chi connectivity index (χ1n) is 5.36. The van der Waals surface area contributed by atoms with E-state index in [1.54, 1.807) is 0 Å². The predicted octanol–water partition coefficient (Wildman–Crippen LogP) is 3.26. The summed E-state index contributed by atoms with van der Waals surface area (Å²) in [5.41, 5.74) is 2.39. The van der Waals surface area contributed by atoms with Gasteiger partial charge in [0.05, 0.1) is 0 Å². The van der Waals surface area contributed by atoms with E-state index in [1.807, 2.05) is 18.2 Å². The summed E-state index contributed by atoms with van der Waals surface area (Å²) in [7, 11) is 0. The van der Waals surface area contributed by atoms with Crippen molar-refractivity contribution in [2.75, 3.05) is 0 Å². The molecule has 0 aliphatic heterocycles. The van der Waals surface area contributed by atoms with Crippen LogP contribution in [0, 0.1) is 0 Å². The van der Waals surface area contributed by atoms with Crippen molar-refractivity contribution in [1.82, 2.24) is 0 Å². The minimum absolute atomic E-state index is 0.228. The second-order valence-electron chi connectivity index (χ2n) is 3.79. The van der Waals surface area contributed by atoms with Gasteiger partial charge in [-0.2, -0.15) is 0 Å². The molecular formula is C13H18O2. The quantitative estimate of drug-likeness (QED) is 0.707. The lowest BCUT2D eigenvalue weighted by Gasteiger charge is -2.14. The molecule has 0 bridgehead atoms. The molecule has 82 valence electrons. The molecule has 0 spiro atoms. The van der Waals surface area contributed by atoms with Gasteiger partial charge in [0.1, 0.15) is 6.61 Å². The number of hydrogen-bond acceptors (Lipinski definition) is 2. The molecule has 0 saturated carbocycles. The van der Waals surface area contributed by atoms with Crippen LogP contribution < -0.4 is 0 Å². The third kappa shape index (κ3) is 3.39. The molecule has 0 fully saturated rings. The molecular weight excluding hydrogens is 188 g/mol. The van der Waals surface area contributed by atoms with Crippen LogP contribution in [-0.4, -0.2) is 5.97 Å². The van der Waals surface area contributed by atoms with Gasteiger partial charge in [0.25, 0.3) is 0 Å². The van der Waals surface area contributed by atoms with Gasteiger partial charge in [0.15, 0.2) is 0 Å². The second kappa shape index (κ2) is 5.54. The highest BCUT2D eigenvalue weighted by molar-refractivity contribution is 5.65. The molecule has 1 aromatic rings. The molecule has 0 amide bonds. The first-order valence-corrected chi connectivity index (χ1v) is 5.36.